The van der Waals surface area contributed by atoms with Crippen LogP contribution in [-0.2, 0) is 11.3 Å². The highest BCUT2D eigenvalue weighted by Gasteiger charge is 2.40. The molecule has 3 fully saturated rings. The molecule has 4 rings (SSSR count). The summed E-state index contributed by atoms with van der Waals surface area (Å²) in [5, 5.41) is 0. The standard InChI is InChI=1S/C30H50N4O3/c1-24-21-34(30(5)13-17-32(18-14-30)28(35)37-29(2,3)4)20-19-33(24)23-26-11-15-31(16-12-26)22-25-7-9-27(36-6)10-8-25/h7-10,24,26H,11-23H2,1-6H3/t24-/m0/s1. The van der Waals surface area contributed by atoms with E-state index in [2.05, 4.69) is 52.8 Å². The molecule has 0 spiro atoms. The molecule has 0 aliphatic carbocycles. The van der Waals surface area contributed by atoms with Gasteiger partial charge in [-0.05, 0) is 97.0 Å². The number of ether oxygens (including phenoxy) is 2. The molecule has 1 atom stereocenters. The van der Waals surface area contributed by atoms with E-state index < -0.39 is 5.60 Å². The number of hydrogen-bond acceptors (Lipinski definition) is 6. The highest BCUT2D eigenvalue weighted by Crippen LogP contribution is 2.32. The van der Waals surface area contributed by atoms with Crippen molar-refractivity contribution in [2.45, 2.75) is 84.0 Å². The summed E-state index contributed by atoms with van der Waals surface area (Å²) in [5.41, 5.74) is 1.11. The van der Waals surface area contributed by atoms with Crippen LogP contribution in [0.4, 0.5) is 4.79 Å². The first-order chi connectivity index (χ1) is 17.5. The summed E-state index contributed by atoms with van der Waals surface area (Å²) in [7, 11) is 1.72. The van der Waals surface area contributed by atoms with Gasteiger partial charge in [0, 0.05) is 57.4 Å². The highest BCUT2D eigenvalue weighted by molar-refractivity contribution is 5.68. The molecular formula is C30H50N4O3. The predicted molar refractivity (Wildman–Crippen MR) is 149 cm³/mol. The van der Waals surface area contributed by atoms with Gasteiger partial charge in [0.05, 0.1) is 7.11 Å². The number of piperazine rings is 1. The van der Waals surface area contributed by atoms with Crippen molar-refractivity contribution < 1.29 is 14.3 Å². The average molecular weight is 515 g/mol. The first-order valence-electron chi connectivity index (χ1n) is 14.4. The molecule has 3 heterocycles. The third-order valence-corrected chi connectivity index (χ3v) is 8.79. The number of carbonyl (C=O) groups is 1. The number of piperidine rings is 2. The van der Waals surface area contributed by atoms with Crippen molar-refractivity contribution in [2.75, 3.05) is 59.5 Å². The molecule has 0 saturated carbocycles. The lowest BCUT2D eigenvalue weighted by atomic mass is 9.86. The Kier molecular flexibility index (Phi) is 9.08. The van der Waals surface area contributed by atoms with Crippen molar-refractivity contribution in [3.05, 3.63) is 29.8 Å². The third-order valence-electron chi connectivity index (χ3n) is 8.79. The van der Waals surface area contributed by atoms with Gasteiger partial charge in [0.25, 0.3) is 0 Å². The Hall–Kier alpha value is -1.83. The van der Waals surface area contributed by atoms with Gasteiger partial charge in [-0.2, -0.15) is 0 Å². The fourth-order valence-electron chi connectivity index (χ4n) is 6.22. The largest absolute Gasteiger partial charge is 0.497 e. The number of rotatable bonds is 6. The van der Waals surface area contributed by atoms with Crippen LogP contribution in [0.15, 0.2) is 24.3 Å². The van der Waals surface area contributed by atoms with Gasteiger partial charge in [0.1, 0.15) is 11.4 Å². The van der Waals surface area contributed by atoms with Crippen molar-refractivity contribution >= 4 is 6.09 Å². The molecule has 0 radical (unpaired) electrons. The smallest absolute Gasteiger partial charge is 0.410 e. The van der Waals surface area contributed by atoms with E-state index in [1.54, 1.807) is 7.11 Å². The van der Waals surface area contributed by atoms with Crippen molar-refractivity contribution in [1.82, 2.24) is 19.6 Å². The normalized spacial score (nSPS) is 24.7. The summed E-state index contributed by atoms with van der Waals surface area (Å²) in [4.78, 5) is 22.4. The minimum Gasteiger partial charge on any atom is -0.497 e. The van der Waals surface area contributed by atoms with E-state index in [0.717, 1.165) is 63.8 Å². The van der Waals surface area contributed by atoms with Gasteiger partial charge < -0.3 is 14.4 Å². The Bertz CT molecular complexity index is 868. The molecule has 7 heteroatoms. The van der Waals surface area contributed by atoms with Crippen LogP contribution in [0.25, 0.3) is 0 Å². The van der Waals surface area contributed by atoms with Crippen LogP contribution >= 0.6 is 0 Å². The van der Waals surface area contributed by atoms with E-state index in [1.807, 2.05) is 25.7 Å². The summed E-state index contributed by atoms with van der Waals surface area (Å²) in [6.45, 7) is 20.2. The molecule has 0 N–H and O–H groups in total. The summed E-state index contributed by atoms with van der Waals surface area (Å²) < 4.78 is 10.9. The number of likely N-dealkylation sites (tertiary alicyclic amines) is 2. The maximum atomic E-state index is 12.5. The molecule has 0 bridgehead atoms. The molecule has 1 aromatic carbocycles. The average Bonchev–Trinajstić information content (AvgIpc) is 2.86. The molecule has 3 aliphatic heterocycles. The minimum absolute atomic E-state index is 0.164. The number of carbonyl (C=O) groups excluding carboxylic acids is 1. The highest BCUT2D eigenvalue weighted by atomic mass is 16.6. The van der Waals surface area contributed by atoms with Crippen LogP contribution in [-0.4, -0.2) is 102 Å². The predicted octanol–water partition coefficient (Wildman–Crippen LogP) is 4.70. The van der Waals surface area contributed by atoms with Gasteiger partial charge in [-0.3, -0.25) is 14.7 Å². The van der Waals surface area contributed by atoms with E-state index in [9.17, 15) is 4.79 Å². The van der Waals surface area contributed by atoms with E-state index in [0.29, 0.717) is 6.04 Å². The molecule has 0 aromatic heterocycles. The molecule has 3 aliphatic rings. The Morgan fingerprint density at radius 1 is 1.00 bits per heavy atom. The van der Waals surface area contributed by atoms with Crippen LogP contribution in [0.3, 0.4) is 0 Å². The molecule has 1 aromatic rings. The molecule has 0 unspecified atom stereocenters. The molecular weight excluding hydrogens is 464 g/mol. The van der Waals surface area contributed by atoms with Gasteiger partial charge in [-0.25, -0.2) is 4.79 Å². The molecule has 7 nitrogen and oxygen atoms in total. The second kappa shape index (κ2) is 11.9. The minimum atomic E-state index is -0.434. The van der Waals surface area contributed by atoms with Gasteiger partial charge in [-0.1, -0.05) is 12.1 Å². The lowest BCUT2D eigenvalue weighted by Gasteiger charge is -2.52. The Balaban J connectivity index is 1.19. The lowest BCUT2D eigenvalue weighted by Crippen LogP contribution is -2.62. The van der Waals surface area contributed by atoms with E-state index in [4.69, 9.17) is 9.47 Å². The quantitative estimate of drug-likeness (QED) is 0.548. The van der Waals surface area contributed by atoms with E-state index >= 15 is 0 Å². The van der Waals surface area contributed by atoms with Crippen LogP contribution in [0, 0.1) is 5.92 Å². The zero-order valence-electron chi connectivity index (χ0n) is 24.2. The molecule has 3 saturated heterocycles. The Morgan fingerprint density at radius 2 is 1.65 bits per heavy atom. The zero-order valence-corrected chi connectivity index (χ0v) is 24.2. The number of nitrogens with zero attached hydrogens (tertiary/aromatic N) is 4. The monoisotopic (exact) mass is 514 g/mol. The van der Waals surface area contributed by atoms with Crippen molar-refractivity contribution in [1.29, 1.82) is 0 Å². The maximum Gasteiger partial charge on any atom is 0.410 e. The van der Waals surface area contributed by atoms with Gasteiger partial charge >= 0.3 is 6.09 Å². The van der Waals surface area contributed by atoms with Crippen LogP contribution < -0.4 is 4.74 Å². The Labute approximate surface area is 225 Å². The second-order valence-corrected chi connectivity index (χ2v) is 12.8. The van der Waals surface area contributed by atoms with Crippen LogP contribution in [0.1, 0.15) is 65.9 Å². The van der Waals surface area contributed by atoms with E-state index in [1.165, 1.54) is 38.0 Å². The first-order valence-corrected chi connectivity index (χ1v) is 14.4. The second-order valence-electron chi connectivity index (χ2n) is 12.8. The number of methoxy groups -OCH3 is 1. The number of benzene rings is 1. The Morgan fingerprint density at radius 3 is 2.22 bits per heavy atom. The summed E-state index contributed by atoms with van der Waals surface area (Å²) in [6, 6.07) is 9.08. The fraction of sp³-hybridized carbons (Fsp3) is 0.767. The number of amides is 1. The fourth-order valence-corrected chi connectivity index (χ4v) is 6.22. The molecule has 1 amide bonds. The molecule has 208 valence electrons. The summed E-state index contributed by atoms with van der Waals surface area (Å²) in [5.74, 6) is 1.73. The van der Waals surface area contributed by atoms with Crippen molar-refractivity contribution in [3.63, 3.8) is 0 Å². The molecule has 37 heavy (non-hydrogen) atoms. The summed E-state index contributed by atoms with van der Waals surface area (Å²) >= 11 is 0. The van der Waals surface area contributed by atoms with Crippen molar-refractivity contribution in [3.8, 4) is 5.75 Å². The zero-order chi connectivity index (χ0) is 26.6. The SMILES string of the molecule is COc1ccc(CN2CCC(CN3CCN(C4(C)CCN(C(=O)OC(C)(C)C)CC4)C[C@@H]3C)CC2)cc1. The third kappa shape index (κ3) is 7.61. The van der Waals surface area contributed by atoms with Crippen molar-refractivity contribution in [2.24, 2.45) is 5.92 Å². The topological polar surface area (TPSA) is 48.5 Å². The summed E-state index contributed by atoms with van der Waals surface area (Å²) in [6.07, 6.45) is 4.46. The lowest BCUT2D eigenvalue weighted by molar-refractivity contribution is -0.0321. The van der Waals surface area contributed by atoms with Gasteiger partial charge in [-0.15, -0.1) is 0 Å². The maximum absolute atomic E-state index is 12.5. The number of hydrogen-bond donors (Lipinski definition) is 0. The first kappa shape index (κ1) is 28.2. The van der Waals surface area contributed by atoms with Gasteiger partial charge in [0.2, 0.25) is 0 Å². The van der Waals surface area contributed by atoms with Crippen LogP contribution in [0.2, 0.25) is 0 Å². The van der Waals surface area contributed by atoms with Crippen LogP contribution in [0.5, 0.6) is 5.75 Å². The van der Waals surface area contributed by atoms with Gasteiger partial charge in [0.15, 0.2) is 0 Å². The van der Waals surface area contributed by atoms with E-state index in [-0.39, 0.29) is 11.6 Å².